The molecule has 3 heteroatoms. The van der Waals surface area contributed by atoms with Gasteiger partial charge in [-0.15, -0.1) is 0 Å². The lowest BCUT2D eigenvalue weighted by molar-refractivity contribution is 0.514. The van der Waals surface area contributed by atoms with Crippen LogP contribution in [0.25, 0.3) is 0 Å². The predicted molar refractivity (Wildman–Crippen MR) is 67.0 cm³/mol. The SMILES string of the molecule is CC(C)C1CN(C)c2c(Cl)cccc2N1. The molecule has 0 amide bonds. The number of nitrogens with zero attached hydrogens (tertiary/aromatic N) is 1. The Labute approximate surface area is 96.2 Å². The molecule has 0 spiro atoms. The largest absolute Gasteiger partial charge is 0.379 e. The van der Waals surface area contributed by atoms with Gasteiger partial charge in [-0.2, -0.15) is 0 Å². The molecular formula is C12H17ClN2. The second-order valence-electron chi connectivity index (χ2n) is 4.51. The van der Waals surface area contributed by atoms with Crippen molar-refractivity contribution in [3.8, 4) is 0 Å². The summed E-state index contributed by atoms with van der Waals surface area (Å²) in [6, 6.07) is 6.52. The maximum absolute atomic E-state index is 6.18. The van der Waals surface area contributed by atoms with E-state index in [1.54, 1.807) is 0 Å². The van der Waals surface area contributed by atoms with Crippen LogP contribution in [0.5, 0.6) is 0 Å². The molecule has 15 heavy (non-hydrogen) atoms. The molecule has 0 bridgehead atoms. The van der Waals surface area contributed by atoms with E-state index in [1.807, 2.05) is 12.1 Å². The fourth-order valence-corrected chi connectivity index (χ4v) is 2.35. The molecule has 1 aliphatic heterocycles. The van der Waals surface area contributed by atoms with Gasteiger partial charge in [-0.3, -0.25) is 0 Å². The minimum atomic E-state index is 0.501. The Kier molecular flexibility index (Phi) is 2.79. The minimum absolute atomic E-state index is 0.501. The summed E-state index contributed by atoms with van der Waals surface area (Å²) in [6.07, 6.45) is 0. The molecule has 82 valence electrons. The number of hydrogen-bond acceptors (Lipinski definition) is 2. The van der Waals surface area contributed by atoms with E-state index in [0.717, 1.165) is 22.9 Å². The Hall–Kier alpha value is -0.890. The van der Waals surface area contributed by atoms with Gasteiger partial charge in [0.2, 0.25) is 0 Å². The molecule has 1 aromatic rings. The first-order valence-corrected chi connectivity index (χ1v) is 5.73. The smallest absolute Gasteiger partial charge is 0.0789 e. The quantitative estimate of drug-likeness (QED) is 0.788. The van der Waals surface area contributed by atoms with Gasteiger partial charge in [0.05, 0.1) is 16.4 Å². The molecule has 1 unspecified atom stereocenters. The lowest BCUT2D eigenvalue weighted by atomic mass is 10.0. The summed E-state index contributed by atoms with van der Waals surface area (Å²) in [5.41, 5.74) is 2.27. The molecule has 0 saturated heterocycles. The number of anilines is 2. The molecular weight excluding hydrogens is 208 g/mol. The Bertz CT molecular complexity index is 363. The van der Waals surface area contributed by atoms with E-state index in [0.29, 0.717) is 12.0 Å². The summed E-state index contributed by atoms with van der Waals surface area (Å²) >= 11 is 6.18. The lowest BCUT2D eigenvalue weighted by Crippen LogP contribution is -2.42. The number of nitrogens with one attached hydrogen (secondary N) is 1. The Morgan fingerprint density at radius 2 is 2.20 bits per heavy atom. The van der Waals surface area contributed by atoms with Crippen molar-refractivity contribution in [2.45, 2.75) is 19.9 Å². The average molecular weight is 225 g/mol. The van der Waals surface area contributed by atoms with Gasteiger partial charge < -0.3 is 10.2 Å². The van der Waals surface area contributed by atoms with Gasteiger partial charge in [-0.25, -0.2) is 0 Å². The summed E-state index contributed by atoms with van der Waals surface area (Å²) in [4.78, 5) is 2.23. The number of benzene rings is 1. The Morgan fingerprint density at radius 1 is 1.47 bits per heavy atom. The van der Waals surface area contributed by atoms with E-state index in [1.165, 1.54) is 0 Å². The number of fused-ring (bicyclic) bond motifs is 1. The molecule has 1 aliphatic rings. The van der Waals surface area contributed by atoms with Crippen LogP contribution in [0.4, 0.5) is 11.4 Å². The third-order valence-electron chi connectivity index (χ3n) is 2.98. The highest BCUT2D eigenvalue weighted by molar-refractivity contribution is 6.34. The average Bonchev–Trinajstić information content (AvgIpc) is 2.17. The second kappa shape index (κ2) is 3.93. The first kappa shape index (κ1) is 10.6. The van der Waals surface area contributed by atoms with Gasteiger partial charge in [0.15, 0.2) is 0 Å². The van der Waals surface area contributed by atoms with Crippen molar-refractivity contribution in [1.82, 2.24) is 0 Å². The molecule has 1 aromatic carbocycles. The molecule has 0 aromatic heterocycles. The maximum atomic E-state index is 6.18. The Balaban J connectivity index is 2.36. The summed E-state index contributed by atoms with van der Waals surface area (Å²) in [7, 11) is 2.10. The molecule has 1 heterocycles. The number of para-hydroxylation sites is 1. The Morgan fingerprint density at radius 3 is 2.87 bits per heavy atom. The lowest BCUT2D eigenvalue weighted by Gasteiger charge is -2.37. The second-order valence-corrected chi connectivity index (χ2v) is 4.92. The zero-order chi connectivity index (χ0) is 11.0. The van der Waals surface area contributed by atoms with Crippen LogP contribution in [-0.4, -0.2) is 19.6 Å². The predicted octanol–water partition coefficient (Wildman–Crippen LogP) is 3.23. The van der Waals surface area contributed by atoms with E-state index >= 15 is 0 Å². The molecule has 0 radical (unpaired) electrons. The fraction of sp³-hybridized carbons (Fsp3) is 0.500. The zero-order valence-electron chi connectivity index (χ0n) is 9.42. The van der Waals surface area contributed by atoms with Crippen LogP contribution < -0.4 is 10.2 Å². The normalized spacial score (nSPS) is 20.1. The highest BCUT2D eigenvalue weighted by atomic mass is 35.5. The van der Waals surface area contributed by atoms with Crippen molar-refractivity contribution in [3.05, 3.63) is 23.2 Å². The third kappa shape index (κ3) is 1.91. The van der Waals surface area contributed by atoms with Gasteiger partial charge in [-0.05, 0) is 18.1 Å². The minimum Gasteiger partial charge on any atom is -0.379 e. The summed E-state index contributed by atoms with van der Waals surface area (Å²) in [6.45, 7) is 5.48. The maximum Gasteiger partial charge on any atom is 0.0789 e. The van der Waals surface area contributed by atoms with E-state index in [2.05, 4.69) is 37.2 Å². The van der Waals surface area contributed by atoms with Crippen LogP contribution in [0.2, 0.25) is 5.02 Å². The fourth-order valence-electron chi connectivity index (χ4n) is 2.03. The highest BCUT2D eigenvalue weighted by Crippen LogP contribution is 2.37. The van der Waals surface area contributed by atoms with Gasteiger partial charge in [0, 0.05) is 19.6 Å². The van der Waals surface area contributed by atoms with Crippen molar-refractivity contribution in [3.63, 3.8) is 0 Å². The number of hydrogen-bond donors (Lipinski definition) is 1. The van der Waals surface area contributed by atoms with Crippen LogP contribution in [0, 0.1) is 5.92 Å². The number of rotatable bonds is 1. The van der Waals surface area contributed by atoms with Crippen molar-refractivity contribution in [2.75, 3.05) is 23.8 Å². The molecule has 0 aliphatic carbocycles. The van der Waals surface area contributed by atoms with Crippen LogP contribution >= 0.6 is 11.6 Å². The van der Waals surface area contributed by atoms with Crippen molar-refractivity contribution >= 4 is 23.0 Å². The van der Waals surface area contributed by atoms with Crippen molar-refractivity contribution < 1.29 is 0 Å². The molecule has 1 N–H and O–H groups in total. The first-order valence-electron chi connectivity index (χ1n) is 5.36. The number of likely N-dealkylation sites (N-methyl/N-ethyl adjacent to an activating group) is 1. The summed E-state index contributed by atoms with van der Waals surface area (Å²) in [5, 5.41) is 4.37. The van der Waals surface area contributed by atoms with Gasteiger partial charge in [-0.1, -0.05) is 31.5 Å². The van der Waals surface area contributed by atoms with Crippen LogP contribution in [0.15, 0.2) is 18.2 Å². The topological polar surface area (TPSA) is 15.3 Å². The van der Waals surface area contributed by atoms with E-state index in [9.17, 15) is 0 Å². The van der Waals surface area contributed by atoms with Crippen LogP contribution in [0.1, 0.15) is 13.8 Å². The third-order valence-corrected chi connectivity index (χ3v) is 3.29. The van der Waals surface area contributed by atoms with Crippen LogP contribution in [-0.2, 0) is 0 Å². The highest BCUT2D eigenvalue weighted by Gasteiger charge is 2.24. The van der Waals surface area contributed by atoms with Crippen molar-refractivity contribution in [2.24, 2.45) is 5.92 Å². The molecule has 0 saturated carbocycles. The monoisotopic (exact) mass is 224 g/mol. The van der Waals surface area contributed by atoms with Gasteiger partial charge in [0.25, 0.3) is 0 Å². The first-order chi connectivity index (χ1) is 7.09. The standard InChI is InChI=1S/C12H17ClN2/c1-8(2)11-7-15(3)12-9(13)5-4-6-10(12)14-11/h4-6,8,11,14H,7H2,1-3H3. The molecule has 1 atom stereocenters. The molecule has 0 fully saturated rings. The zero-order valence-corrected chi connectivity index (χ0v) is 10.2. The van der Waals surface area contributed by atoms with Crippen LogP contribution in [0.3, 0.4) is 0 Å². The molecule has 2 rings (SSSR count). The van der Waals surface area contributed by atoms with E-state index in [4.69, 9.17) is 11.6 Å². The summed E-state index contributed by atoms with van der Waals surface area (Å²) < 4.78 is 0. The van der Waals surface area contributed by atoms with E-state index in [-0.39, 0.29) is 0 Å². The number of halogens is 1. The van der Waals surface area contributed by atoms with Gasteiger partial charge >= 0.3 is 0 Å². The van der Waals surface area contributed by atoms with Crippen molar-refractivity contribution in [1.29, 1.82) is 0 Å². The van der Waals surface area contributed by atoms with Gasteiger partial charge in [0.1, 0.15) is 0 Å². The summed E-state index contributed by atoms with van der Waals surface area (Å²) in [5.74, 6) is 0.625. The van der Waals surface area contributed by atoms with E-state index < -0.39 is 0 Å². The molecule has 2 nitrogen and oxygen atoms in total.